The van der Waals surface area contributed by atoms with E-state index in [1.165, 1.54) is 12.4 Å². The summed E-state index contributed by atoms with van der Waals surface area (Å²) in [6.07, 6.45) is 4.59. The van der Waals surface area contributed by atoms with Gasteiger partial charge in [-0.3, -0.25) is 9.56 Å². The molecule has 0 radical (unpaired) electrons. The van der Waals surface area contributed by atoms with Crippen LogP contribution in [0.5, 0.6) is 0 Å². The zero-order chi connectivity index (χ0) is 16.1. The molecule has 0 aliphatic carbocycles. The van der Waals surface area contributed by atoms with Gasteiger partial charge < -0.3 is 14.8 Å². The Kier molecular flexibility index (Phi) is 7.46. The molecule has 1 N–H and O–H groups in total. The van der Waals surface area contributed by atoms with E-state index in [2.05, 4.69) is 15.3 Å². The number of nitrogens with one attached hydrogen (secondary N) is 1. The summed E-state index contributed by atoms with van der Waals surface area (Å²) in [4.78, 5) is 10.0. The predicted molar refractivity (Wildman–Crippen MR) is 96.0 cm³/mol. The second-order valence-electron chi connectivity index (χ2n) is 4.90. The maximum absolute atomic E-state index is 12.8. The van der Waals surface area contributed by atoms with Crippen LogP contribution in [0.25, 0.3) is 0 Å². The third-order valence-corrected chi connectivity index (χ3v) is 3.39. The second kappa shape index (κ2) is 8.85. The van der Waals surface area contributed by atoms with Gasteiger partial charge in [0.05, 0.1) is 13.1 Å². The molecule has 0 fully saturated rings. The number of nitrogens with zero attached hydrogens (tertiary/aromatic N) is 5. The molecule has 128 valence electrons. The van der Waals surface area contributed by atoms with E-state index in [4.69, 9.17) is 0 Å². The SMILES string of the molecule is CN=C(NCc1nccn1C(F)F)N(C)Cc1cccn1C.I. The Balaban J connectivity index is 0.00000264. The highest BCUT2D eigenvalue weighted by Gasteiger charge is 2.13. The fourth-order valence-corrected chi connectivity index (χ4v) is 2.18. The van der Waals surface area contributed by atoms with E-state index in [0.717, 1.165) is 10.3 Å². The predicted octanol–water partition coefficient (Wildman–Crippen LogP) is 2.44. The third kappa shape index (κ3) is 4.91. The van der Waals surface area contributed by atoms with Crippen LogP contribution >= 0.6 is 24.0 Å². The normalized spacial score (nSPS) is 11.5. The number of hydrogen-bond acceptors (Lipinski definition) is 2. The standard InChI is InChI=1S/C14H20F2N6.HI/c1-17-14(21(3)10-11-5-4-7-20(11)2)19-9-12-18-6-8-22(12)13(15)16;/h4-8,13H,9-10H2,1-3H3,(H,17,19);1H. The summed E-state index contributed by atoms with van der Waals surface area (Å²) in [5, 5.41) is 3.05. The van der Waals surface area contributed by atoms with E-state index >= 15 is 0 Å². The van der Waals surface area contributed by atoms with Gasteiger partial charge in [-0.2, -0.15) is 8.78 Å². The first kappa shape index (κ1) is 19.4. The lowest BCUT2D eigenvalue weighted by molar-refractivity contribution is 0.0668. The summed E-state index contributed by atoms with van der Waals surface area (Å²) >= 11 is 0. The quantitative estimate of drug-likeness (QED) is 0.444. The molecule has 0 amide bonds. The molecule has 0 aliphatic rings. The molecule has 0 aliphatic heterocycles. The van der Waals surface area contributed by atoms with Crippen LogP contribution in [-0.2, 0) is 20.1 Å². The van der Waals surface area contributed by atoms with Crippen molar-refractivity contribution < 1.29 is 8.78 Å². The zero-order valence-electron chi connectivity index (χ0n) is 13.3. The lowest BCUT2D eigenvalue weighted by atomic mass is 10.4. The van der Waals surface area contributed by atoms with E-state index in [1.807, 2.05) is 41.9 Å². The van der Waals surface area contributed by atoms with Gasteiger partial charge in [-0.05, 0) is 12.1 Å². The number of guanidine groups is 1. The Bertz CT molecular complexity index is 637. The van der Waals surface area contributed by atoms with Crippen LogP contribution in [0.4, 0.5) is 8.78 Å². The highest BCUT2D eigenvalue weighted by molar-refractivity contribution is 14.0. The van der Waals surface area contributed by atoms with Crippen LogP contribution < -0.4 is 5.32 Å². The molecule has 9 heteroatoms. The summed E-state index contributed by atoms with van der Waals surface area (Å²) < 4.78 is 28.4. The average molecular weight is 438 g/mol. The Morgan fingerprint density at radius 1 is 1.43 bits per heavy atom. The van der Waals surface area contributed by atoms with Crippen molar-refractivity contribution in [2.45, 2.75) is 19.6 Å². The fraction of sp³-hybridized carbons (Fsp3) is 0.429. The lowest BCUT2D eigenvalue weighted by Crippen LogP contribution is -2.38. The van der Waals surface area contributed by atoms with Crippen molar-refractivity contribution in [2.75, 3.05) is 14.1 Å². The molecule has 2 aromatic heterocycles. The van der Waals surface area contributed by atoms with Gasteiger partial charge in [-0.15, -0.1) is 24.0 Å². The summed E-state index contributed by atoms with van der Waals surface area (Å²) in [5.41, 5.74) is 1.12. The lowest BCUT2D eigenvalue weighted by Gasteiger charge is -2.22. The Labute approximate surface area is 151 Å². The zero-order valence-corrected chi connectivity index (χ0v) is 15.6. The van der Waals surface area contributed by atoms with Gasteiger partial charge in [-0.25, -0.2) is 4.98 Å². The fourth-order valence-electron chi connectivity index (χ4n) is 2.18. The largest absolute Gasteiger partial charge is 0.353 e. The number of aliphatic imine (C=N–C) groups is 1. The number of imidazole rings is 1. The second-order valence-corrected chi connectivity index (χ2v) is 4.90. The minimum absolute atomic E-state index is 0. The molecule has 23 heavy (non-hydrogen) atoms. The molecule has 0 atom stereocenters. The first-order chi connectivity index (χ1) is 10.5. The molecule has 2 aromatic rings. The van der Waals surface area contributed by atoms with Crippen molar-refractivity contribution in [3.05, 3.63) is 42.2 Å². The van der Waals surface area contributed by atoms with E-state index in [0.29, 0.717) is 12.5 Å². The Morgan fingerprint density at radius 3 is 2.74 bits per heavy atom. The molecule has 2 heterocycles. The number of rotatable bonds is 5. The van der Waals surface area contributed by atoms with Gasteiger partial charge in [0.15, 0.2) is 5.96 Å². The van der Waals surface area contributed by atoms with E-state index in [9.17, 15) is 8.78 Å². The van der Waals surface area contributed by atoms with Crippen molar-refractivity contribution >= 4 is 29.9 Å². The van der Waals surface area contributed by atoms with Crippen LogP contribution in [0.1, 0.15) is 18.1 Å². The Morgan fingerprint density at radius 2 is 2.17 bits per heavy atom. The molecular weight excluding hydrogens is 417 g/mol. The van der Waals surface area contributed by atoms with Crippen LogP contribution in [0.2, 0.25) is 0 Å². The van der Waals surface area contributed by atoms with E-state index in [-0.39, 0.29) is 36.3 Å². The number of halogens is 3. The maximum Gasteiger partial charge on any atom is 0.319 e. The third-order valence-electron chi connectivity index (χ3n) is 3.39. The minimum Gasteiger partial charge on any atom is -0.353 e. The van der Waals surface area contributed by atoms with Crippen molar-refractivity contribution in [3.63, 3.8) is 0 Å². The van der Waals surface area contributed by atoms with Gasteiger partial charge in [0.1, 0.15) is 5.82 Å². The number of aromatic nitrogens is 3. The number of alkyl halides is 2. The van der Waals surface area contributed by atoms with Crippen molar-refractivity contribution in [1.29, 1.82) is 0 Å². The van der Waals surface area contributed by atoms with Gasteiger partial charge >= 0.3 is 6.55 Å². The van der Waals surface area contributed by atoms with Crippen molar-refractivity contribution in [2.24, 2.45) is 12.0 Å². The van der Waals surface area contributed by atoms with Crippen LogP contribution in [0.15, 0.2) is 35.7 Å². The smallest absolute Gasteiger partial charge is 0.319 e. The van der Waals surface area contributed by atoms with Gasteiger partial charge in [0.25, 0.3) is 0 Å². The van der Waals surface area contributed by atoms with Crippen LogP contribution in [-0.4, -0.2) is 39.1 Å². The molecule has 0 saturated heterocycles. The first-order valence-electron chi connectivity index (χ1n) is 6.84. The number of aryl methyl sites for hydroxylation is 1. The molecular formula is C14H21F2IN6. The highest BCUT2D eigenvalue weighted by atomic mass is 127. The highest BCUT2D eigenvalue weighted by Crippen LogP contribution is 2.12. The van der Waals surface area contributed by atoms with Gasteiger partial charge in [0.2, 0.25) is 0 Å². The maximum atomic E-state index is 12.8. The molecule has 6 nitrogen and oxygen atoms in total. The summed E-state index contributed by atoms with van der Waals surface area (Å²) in [6, 6.07) is 3.99. The van der Waals surface area contributed by atoms with Gasteiger partial charge in [0, 0.05) is 45.4 Å². The molecule has 2 rings (SSSR count). The molecule has 0 bridgehead atoms. The first-order valence-corrected chi connectivity index (χ1v) is 6.84. The number of hydrogen-bond donors (Lipinski definition) is 1. The molecule has 0 unspecified atom stereocenters. The summed E-state index contributed by atoms with van der Waals surface area (Å²) in [7, 11) is 5.52. The summed E-state index contributed by atoms with van der Waals surface area (Å²) in [5.74, 6) is 0.883. The van der Waals surface area contributed by atoms with Crippen molar-refractivity contribution in [3.8, 4) is 0 Å². The Hall–Kier alpha value is -1.65. The minimum atomic E-state index is -2.59. The monoisotopic (exact) mass is 438 g/mol. The van der Waals surface area contributed by atoms with Crippen LogP contribution in [0.3, 0.4) is 0 Å². The van der Waals surface area contributed by atoms with Crippen LogP contribution in [0, 0.1) is 0 Å². The van der Waals surface area contributed by atoms with Gasteiger partial charge in [-0.1, -0.05) is 0 Å². The molecule has 0 aromatic carbocycles. The van der Waals surface area contributed by atoms with E-state index < -0.39 is 6.55 Å². The molecule has 0 saturated carbocycles. The average Bonchev–Trinajstić information content (AvgIpc) is 3.09. The molecule has 0 spiro atoms. The topological polar surface area (TPSA) is 50.4 Å². The van der Waals surface area contributed by atoms with Crippen molar-refractivity contribution in [1.82, 2.24) is 24.3 Å². The summed E-state index contributed by atoms with van der Waals surface area (Å²) in [6.45, 7) is -1.75. The van der Waals surface area contributed by atoms with E-state index in [1.54, 1.807) is 7.05 Å².